The summed E-state index contributed by atoms with van der Waals surface area (Å²) < 4.78 is 52.8. The average molecular weight is 405 g/mol. The zero-order valence-corrected chi connectivity index (χ0v) is 16.2. The van der Waals surface area contributed by atoms with Crippen LogP contribution in [-0.2, 0) is 21.7 Å². The number of rotatable bonds is 7. The molecule has 7 heteroatoms. The monoisotopic (exact) mass is 405 g/mol. The van der Waals surface area contributed by atoms with Crippen molar-refractivity contribution >= 4 is 5.91 Å². The van der Waals surface area contributed by atoms with Crippen LogP contribution in [0.5, 0.6) is 5.75 Å². The van der Waals surface area contributed by atoms with E-state index in [1.165, 1.54) is 31.4 Å². The Bertz CT molecular complexity index is 855. The Morgan fingerprint density at radius 1 is 1.03 bits per heavy atom. The highest BCUT2D eigenvalue weighted by Crippen LogP contribution is 2.42. The Labute approximate surface area is 168 Å². The Kier molecular flexibility index (Phi) is 7.68. The molecule has 0 bridgehead atoms. The van der Waals surface area contributed by atoms with Gasteiger partial charge < -0.3 is 14.8 Å². The van der Waals surface area contributed by atoms with E-state index in [-0.39, 0.29) is 12.1 Å². The zero-order valence-electron chi connectivity index (χ0n) is 16.2. The van der Waals surface area contributed by atoms with E-state index in [1.807, 2.05) is 0 Å². The SMILES string of the molecule is CCC#CCOC(C(=O)NCc1ccc(OC)cc1)(c1ccccc1)C(F)(F)F. The molecule has 0 aliphatic heterocycles. The number of hydrogen-bond acceptors (Lipinski definition) is 3. The maximum absolute atomic E-state index is 14.2. The molecule has 0 aliphatic rings. The summed E-state index contributed by atoms with van der Waals surface area (Å²) in [6.07, 6.45) is -4.52. The first-order valence-electron chi connectivity index (χ1n) is 8.98. The number of amides is 1. The van der Waals surface area contributed by atoms with E-state index in [4.69, 9.17) is 9.47 Å². The smallest absolute Gasteiger partial charge is 0.431 e. The van der Waals surface area contributed by atoms with E-state index in [9.17, 15) is 18.0 Å². The van der Waals surface area contributed by atoms with Crippen molar-refractivity contribution in [1.82, 2.24) is 5.32 Å². The highest BCUT2D eigenvalue weighted by Gasteiger charge is 2.63. The van der Waals surface area contributed by atoms with Crippen molar-refractivity contribution in [3.63, 3.8) is 0 Å². The summed E-state index contributed by atoms with van der Waals surface area (Å²) in [6.45, 7) is 1.14. The molecule has 1 amide bonds. The second-order valence-corrected chi connectivity index (χ2v) is 6.07. The molecule has 4 nitrogen and oxygen atoms in total. The van der Waals surface area contributed by atoms with Gasteiger partial charge >= 0.3 is 6.18 Å². The fraction of sp³-hybridized carbons (Fsp3) is 0.318. The number of halogens is 3. The first kappa shape index (κ1) is 22.3. The van der Waals surface area contributed by atoms with Crippen molar-refractivity contribution in [2.24, 2.45) is 0 Å². The lowest BCUT2D eigenvalue weighted by Gasteiger charge is -2.34. The second kappa shape index (κ2) is 9.99. The van der Waals surface area contributed by atoms with E-state index in [1.54, 1.807) is 37.3 Å². The normalized spacial score (nSPS) is 13.0. The third-order valence-electron chi connectivity index (χ3n) is 4.17. The van der Waals surface area contributed by atoms with Crippen molar-refractivity contribution in [3.05, 3.63) is 65.7 Å². The van der Waals surface area contributed by atoms with Crippen molar-refractivity contribution in [2.75, 3.05) is 13.7 Å². The van der Waals surface area contributed by atoms with Crippen LogP contribution < -0.4 is 10.1 Å². The summed E-state index contributed by atoms with van der Waals surface area (Å²) in [5, 5.41) is 2.35. The van der Waals surface area contributed by atoms with Gasteiger partial charge in [-0.05, 0) is 17.7 Å². The van der Waals surface area contributed by atoms with Gasteiger partial charge in [-0.3, -0.25) is 4.79 Å². The summed E-state index contributed by atoms with van der Waals surface area (Å²) in [7, 11) is 1.51. The highest BCUT2D eigenvalue weighted by atomic mass is 19.4. The topological polar surface area (TPSA) is 47.6 Å². The quantitative estimate of drug-likeness (QED) is 0.703. The summed E-state index contributed by atoms with van der Waals surface area (Å²) in [6, 6.07) is 13.5. The Balaban J connectivity index is 2.34. The lowest BCUT2D eigenvalue weighted by Crippen LogP contribution is -2.56. The molecule has 0 fully saturated rings. The zero-order chi connectivity index (χ0) is 21.3. The van der Waals surface area contributed by atoms with Gasteiger partial charge in [-0.25, -0.2) is 0 Å². The number of ether oxygens (including phenoxy) is 2. The largest absolute Gasteiger partial charge is 0.497 e. The average Bonchev–Trinajstić information content (AvgIpc) is 2.72. The number of carbonyl (C=O) groups excluding carboxylic acids is 1. The summed E-state index contributed by atoms with van der Waals surface area (Å²) >= 11 is 0. The molecule has 2 aromatic rings. The third-order valence-corrected chi connectivity index (χ3v) is 4.17. The van der Waals surface area contributed by atoms with E-state index in [0.717, 1.165) is 0 Å². The van der Waals surface area contributed by atoms with Crippen LogP contribution in [0.2, 0.25) is 0 Å². The molecule has 0 aliphatic carbocycles. The van der Waals surface area contributed by atoms with Crippen molar-refractivity contribution < 1.29 is 27.4 Å². The number of carbonyl (C=O) groups is 1. The molecule has 29 heavy (non-hydrogen) atoms. The van der Waals surface area contributed by atoms with Gasteiger partial charge in [0.25, 0.3) is 11.5 Å². The number of alkyl halides is 3. The molecule has 0 saturated carbocycles. The van der Waals surface area contributed by atoms with Crippen LogP contribution in [0, 0.1) is 11.8 Å². The van der Waals surface area contributed by atoms with E-state index in [0.29, 0.717) is 17.7 Å². The summed E-state index contributed by atoms with van der Waals surface area (Å²) in [5.41, 5.74) is -2.85. The van der Waals surface area contributed by atoms with Crippen LogP contribution in [0.3, 0.4) is 0 Å². The molecular weight excluding hydrogens is 383 g/mol. The van der Waals surface area contributed by atoms with Crippen LogP contribution in [0.1, 0.15) is 24.5 Å². The van der Waals surface area contributed by atoms with Gasteiger partial charge in [0.1, 0.15) is 12.4 Å². The standard InChI is InChI=1S/C22H22F3NO3/c1-3-4-8-15-29-21(22(23,24)25,18-9-6-5-7-10-18)20(27)26-16-17-11-13-19(28-2)14-12-17/h5-7,9-14H,3,15-16H2,1-2H3,(H,26,27). The molecule has 0 radical (unpaired) electrons. The Morgan fingerprint density at radius 2 is 1.69 bits per heavy atom. The van der Waals surface area contributed by atoms with Gasteiger partial charge in [0.05, 0.1) is 7.11 Å². The molecule has 0 spiro atoms. The van der Waals surface area contributed by atoms with Crippen LogP contribution >= 0.6 is 0 Å². The molecule has 1 N–H and O–H groups in total. The molecule has 2 aromatic carbocycles. The molecule has 154 valence electrons. The number of nitrogens with one attached hydrogen (secondary N) is 1. The van der Waals surface area contributed by atoms with Crippen LogP contribution in [0.15, 0.2) is 54.6 Å². The van der Waals surface area contributed by atoms with Gasteiger partial charge in [0, 0.05) is 18.5 Å². The fourth-order valence-corrected chi connectivity index (χ4v) is 2.70. The van der Waals surface area contributed by atoms with Gasteiger partial charge in [-0.15, -0.1) is 5.92 Å². The lowest BCUT2D eigenvalue weighted by atomic mass is 9.91. The van der Waals surface area contributed by atoms with Crippen LogP contribution in [-0.4, -0.2) is 25.8 Å². The maximum atomic E-state index is 14.2. The number of benzene rings is 2. The fourth-order valence-electron chi connectivity index (χ4n) is 2.70. The van der Waals surface area contributed by atoms with Crippen molar-refractivity contribution in [3.8, 4) is 17.6 Å². The maximum Gasteiger partial charge on any atom is 0.431 e. The van der Waals surface area contributed by atoms with E-state index in [2.05, 4.69) is 17.2 Å². The molecule has 0 heterocycles. The number of methoxy groups -OCH3 is 1. The minimum Gasteiger partial charge on any atom is -0.497 e. The third kappa shape index (κ3) is 5.30. The summed E-state index contributed by atoms with van der Waals surface area (Å²) in [4.78, 5) is 12.8. The van der Waals surface area contributed by atoms with E-state index < -0.39 is 24.3 Å². The lowest BCUT2D eigenvalue weighted by molar-refractivity contribution is -0.270. The predicted molar refractivity (Wildman–Crippen MR) is 103 cm³/mol. The summed E-state index contributed by atoms with van der Waals surface area (Å²) in [5.74, 6) is 4.46. The highest BCUT2D eigenvalue weighted by molar-refractivity contribution is 5.87. The van der Waals surface area contributed by atoms with Crippen LogP contribution in [0.25, 0.3) is 0 Å². The first-order chi connectivity index (χ1) is 13.8. The van der Waals surface area contributed by atoms with Gasteiger partial charge in [-0.2, -0.15) is 13.2 Å². The van der Waals surface area contributed by atoms with Crippen molar-refractivity contribution in [2.45, 2.75) is 31.7 Å². The molecule has 0 saturated heterocycles. The van der Waals surface area contributed by atoms with Gasteiger partial charge in [-0.1, -0.05) is 55.3 Å². The number of hydrogen-bond donors (Lipinski definition) is 1. The predicted octanol–water partition coefficient (Wildman–Crippen LogP) is 4.20. The minimum absolute atomic E-state index is 0.0997. The molecule has 0 aromatic heterocycles. The molecular formula is C22H22F3NO3. The molecule has 1 atom stereocenters. The van der Waals surface area contributed by atoms with Gasteiger partial charge in [0.2, 0.25) is 0 Å². The Morgan fingerprint density at radius 3 is 2.24 bits per heavy atom. The molecule has 1 unspecified atom stereocenters. The second-order valence-electron chi connectivity index (χ2n) is 6.07. The molecule has 2 rings (SSSR count). The Hall–Kier alpha value is -2.98. The minimum atomic E-state index is -4.99. The first-order valence-corrected chi connectivity index (χ1v) is 8.98. The van der Waals surface area contributed by atoms with Crippen LogP contribution in [0.4, 0.5) is 13.2 Å². The van der Waals surface area contributed by atoms with E-state index >= 15 is 0 Å². The van der Waals surface area contributed by atoms with Crippen molar-refractivity contribution in [1.29, 1.82) is 0 Å². The van der Waals surface area contributed by atoms with Gasteiger partial charge in [0.15, 0.2) is 0 Å².